The van der Waals surface area contributed by atoms with E-state index in [1.54, 1.807) is 0 Å². The van der Waals surface area contributed by atoms with Gasteiger partial charge < -0.3 is 10.6 Å². The van der Waals surface area contributed by atoms with E-state index in [1.165, 1.54) is 31.4 Å². The molecular formula is C20H28F3N3O. The number of piperidine rings is 2. The third kappa shape index (κ3) is 5.15. The topological polar surface area (TPSA) is 44.4 Å². The lowest BCUT2D eigenvalue weighted by Crippen LogP contribution is -2.58. The molecule has 2 aliphatic rings. The van der Waals surface area contributed by atoms with E-state index in [0.29, 0.717) is 23.7 Å². The number of urea groups is 1. The molecular weight excluding hydrogens is 355 g/mol. The summed E-state index contributed by atoms with van der Waals surface area (Å²) in [5, 5.41) is 5.66. The molecule has 7 heteroatoms. The molecule has 0 aromatic heterocycles. The van der Waals surface area contributed by atoms with E-state index in [0.717, 1.165) is 31.5 Å². The predicted molar refractivity (Wildman–Crippen MR) is 99.6 cm³/mol. The number of benzene rings is 1. The van der Waals surface area contributed by atoms with Gasteiger partial charge in [-0.3, -0.25) is 4.90 Å². The Hall–Kier alpha value is -1.76. The quantitative estimate of drug-likeness (QED) is 0.779. The summed E-state index contributed by atoms with van der Waals surface area (Å²) in [6.45, 7) is 5.56. The van der Waals surface area contributed by atoms with Gasteiger partial charge in [0.25, 0.3) is 0 Å². The van der Waals surface area contributed by atoms with Gasteiger partial charge >= 0.3 is 12.2 Å². The van der Waals surface area contributed by atoms with Crippen LogP contribution in [0.15, 0.2) is 24.3 Å². The van der Waals surface area contributed by atoms with E-state index < -0.39 is 11.7 Å². The van der Waals surface area contributed by atoms with E-state index in [1.807, 2.05) is 0 Å². The van der Waals surface area contributed by atoms with E-state index in [4.69, 9.17) is 0 Å². The lowest BCUT2D eigenvalue weighted by Gasteiger charge is -2.49. The number of nitrogens with zero attached hydrogens (tertiary/aromatic N) is 1. The molecule has 1 aromatic carbocycles. The van der Waals surface area contributed by atoms with Crippen LogP contribution in [0.4, 0.5) is 23.7 Å². The van der Waals surface area contributed by atoms with Crippen LogP contribution >= 0.6 is 0 Å². The average Bonchev–Trinajstić information content (AvgIpc) is 2.54. The van der Waals surface area contributed by atoms with Crippen LogP contribution in [-0.4, -0.2) is 35.6 Å². The summed E-state index contributed by atoms with van der Waals surface area (Å²) in [4.78, 5) is 14.9. The molecule has 1 aromatic rings. The van der Waals surface area contributed by atoms with Crippen molar-refractivity contribution >= 4 is 11.7 Å². The van der Waals surface area contributed by atoms with Crippen LogP contribution in [0.1, 0.15) is 51.5 Å². The summed E-state index contributed by atoms with van der Waals surface area (Å²) in [5.41, 5.74) is -0.364. The predicted octanol–water partition coefficient (Wildman–Crippen LogP) is 4.87. The summed E-state index contributed by atoms with van der Waals surface area (Å²) in [7, 11) is 0. The van der Waals surface area contributed by atoms with Crippen molar-refractivity contribution in [1.29, 1.82) is 0 Å². The molecule has 2 aliphatic heterocycles. The van der Waals surface area contributed by atoms with Crippen LogP contribution in [0.5, 0.6) is 0 Å². The number of hydrogen-bond acceptors (Lipinski definition) is 2. The van der Waals surface area contributed by atoms with E-state index in [9.17, 15) is 18.0 Å². The van der Waals surface area contributed by atoms with Gasteiger partial charge in [-0.1, -0.05) is 20.3 Å². The Morgan fingerprint density at radius 3 is 2.26 bits per heavy atom. The molecule has 2 bridgehead atoms. The van der Waals surface area contributed by atoms with Crippen LogP contribution in [0, 0.1) is 5.92 Å². The minimum atomic E-state index is -4.37. The van der Waals surface area contributed by atoms with Crippen molar-refractivity contribution in [1.82, 2.24) is 10.2 Å². The highest BCUT2D eigenvalue weighted by Gasteiger charge is 2.38. The lowest BCUT2D eigenvalue weighted by atomic mass is 9.81. The first-order chi connectivity index (χ1) is 12.7. The molecule has 2 N–H and O–H groups in total. The van der Waals surface area contributed by atoms with Gasteiger partial charge in [0.05, 0.1) is 5.56 Å². The van der Waals surface area contributed by atoms with Crippen molar-refractivity contribution in [3.63, 3.8) is 0 Å². The molecule has 0 unspecified atom stereocenters. The largest absolute Gasteiger partial charge is 0.416 e. The lowest BCUT2D eigenvalue weighted by molar-refractivity contribution is -0.137. The molecule has 0 aliphatic carbocycles. The normalized spacial score (nSPS) is 26.1. The summed E-state index contributed by atoms with van der Waals surface area (Å²) in [5.74, 6) is 0.626. The van der Waals surface area contributed by atoms with Gasteiger partial charge in [0.2, 0.25) is 0 Å². The molecule has 27 heavy (non-hydrogen) atoms. The second-order valence-electron chi connectivity index (χ2n) is 8.17. The number of alkyl halides is 3. The summed E-state index contributed by atoms with van der Waals surface area (Å²) < 4.78 is 37.8. The number of amides is 2. The second-order valence-corrected chi connectivity index (χ2v) is 8.17. The Balaban J connectivity index is 1.54. The standard InChI is InChI=1S/C20H28F3N3O/c1-13(2)12-26-17-4-3-5-18(26)11-16(10-17)25-19(27)24-15-8-6-14(7-9-15)20(21,22)23/h6-9,13,16-18H,3-5,10-12H2,1-2H3,(H2,24,25,27)/t17-,18-/m1/s1. The Morgan fingerprint density at radius 2 is 1.74 bits per heavy atom. The first kappa shape index (κ1) is 20.0. The Bertz CT molecular complexity index is 631. The maximum absolute atomic E-state index is 12.6. The minimum Gasteiger partial charge on any atom is -0.335 e. The number of rotatable bonds is 4. The van der Waals surface area contributed by atoms with Crippen molar-refractivity contribution in [3.05, 3.63) is 29.8 Å². The molecule has 2 fully saturated rings. The molecule has 2 heterocycles. The fourth-order valence-corrected chi connectivity index (χ4v) is 4.41. The Labute approximate surface area is 158 Å². The highest BCUT2D eigenvalue weighted by Crippen LogP contribution is 2.34. The highest BCUT2D eigenvalue weighted by molar-refractivity contribution is 5.89. The van der Waals surface area contributed by atoms with Crippen LogP contribution in [-0.2, 0) is 6.18 Å². The van der Waals surface area contributed by atoms with Crippen molar-refractivity contribution in [2.24, 2.45) is 5.92 Å². The zero-order chi connectivity index (χ0) is 19.6. The smallest absolute Gasteiger partial charge is 0.335 e. The first-order valence-electron chi connectivity index (χ1n) is 9.73. The third-order valence-electron chi connectivity index (χ3n) is 5.51. The average molecular weight is 383 g/mol. The van der Waals surface area contributed by atoms with Gasteiger partial charge in [0, 0.05) is 30.4 Å². The SMILES string of the molecule is CC(C)CN1[C@@H]2CCC[C@@H]1CC(NC(=O)Nc1ccc(C(F)(F)F)cc1)C2. The van der Waals surface area contributed by atoms with Crippen molar-refractivity contribution < 1.29 is 18.0 Å². The molecule has 2 amide bonds. The number of hydrogen-bond donors (Lipinski definition) is 2. The van der Waals surface area contributed by atoms with Crippen LogP contribution < -0.4 is 10.6 Å². The zero-order valence-electron chi connectivity index (χ0n) is 15.9. The molecule has 0 radical (unpaired) electrons. The van der Waals surface area contributed by atoms with E-state index in [-0.39, 0.29) is 12.1 Å². The number of carbonyl (C=O) groups is 1. The number of nitrogens with one attached hydrogen (secondary N) is 2. The summed E-state index contributed by atoms with van der Waals surface area (Å²) in [6.07, 6.45) is 1.08. The van der Waals surface area contributed by atoms with Crippen molar-refractivity contribution in [3.8, 4) is 0 Å². The fourth-order valence-electron chi connectivity index (χ4n) is 4.41. The number of fused-ring (bicyclic) bond motifs is 2. The minimum absolute atomic E-state index is 0.109. The van der Waals surface area contributed by atoms with E-state index in [2.05, 4.69) is 29.4 Å². The summed E-state index contributed by atoms with van der Waals surface area (Å²) >= 11 is 0. The first-order valence-corrected chi connectivity index (χ1v) is 9.73. The maximum atomic E-state index is 12.6. The number of carbonyl (C=O) groups excluding carboxylic acids is 1. The Kier molecular flexibility index (Phi) is 5.99. The molecule has 3 rings (SSSR count). The van der Waals surface area contributed by atoms with Gasteiger partial charge in [-0.2, -0.15) is 13.2 Å². The molecule has 0 spiro atoms. The highest BCUT2D eigenvalue weighted by atomic mass is 19.4. The number of halogens is 3. The third-order valence-corrected chi connectivity index (χ3v) is 5.51. The molecule has 2 atom stereocenters. The van der Waals surface area contributed by atoms with Crippen LogP contribution in [0.25, 0.3) is 0 Å². The molecule has 150 valence electrons. The van der Waals surface area contributed by atoms with Crippen LogP contribution in [0.2, 0.25) is 0 Å². The molecule has 2 saturated heterocycles. The van der Waals surface area contributed by atoms with Gasteiger partial charge in [0.1, 0.15) is 0 Å². The van der Waals surface area contributed by atoms with Gasteiger partial charge in [-0.15, -0.1) is 0 Å². The monoisotopic (exact) mass is 383 g/mol. The fraction of sp³-hybridized carbons (Fsp3) is 0.650. The number of anilines is 1. The Morgan fingerprint density at radius 1 is 1.15 bits per heavy atom. The molecule has 4 nitrogen and oxygen atoms in total. The second kappa shape index (κ2) is 8.09. The van der Waals surface area contributed by atoms with Crippen molar-refractivity contribution in [2.45, 2.75) is 70.3 Å². The van der Waals surface area contributed by atoms with Crippen LogP contribution in [0.3, 0.4) is 0 Å². The van der Waals surface area contributed by atoms with Gasteiger partial charge in [-0.25, -0.2) is 4.79 Å². The van der Waals surface area contributed by atoms with Gasteiger partial charge in [0.15, 0.2) is 0 Å². The molecule has 0 saturated carbocycles. The van der Waals surface area contributed by atoms with Crippen molar-refractivity contribution in [2.75, 3.05) is 11.9 Å². The van der Waals surface area contributed by atoms with Gasteiger partial charge in [-0.05, 0) is 55.9 Å². The zero-order valence-corrected chi connectivity index (χ0v) is 15.9. The van der Waals surface area contributed by atoms with E-state index >= 15 is 0 Å². The summed E-state index contributed by atoms with van der Waals surface area (Å²) in [6, 6.07) is 5.29. The maximum Gasteiger partial charge on any atom is 0.416 e.